The SMILES string of the molecule is CC(C)(c1ccccc1)c1ccc(OCc2ccc(C(=O)Nc3ccc(Cl)c(Cl)c3)o2)cc1. The molecule has 0 unspecified atom stereocenters. The van der Waals surface area contributed by atoms with Gasteiger partial charge in [-0.25, -0.2) is 0 Å². The van der Waals surface area contributed by atoms with Crippen molar-refractivity contribution in [2.45, 2.75) is 25.9 Å². The third kappa shape index (κ3) is 5.41. The number of nitrogens with one attached hydrogen (secondary N) is 1. The highest BCUT2D eigenvalue weighted by molar-refractivity contribution is 6.42. The molecule has 0 aliphatic heterocycles. The molecule has 0 spiro atoms. The molecule has 1 heterocycles. The smallest absolute Gasteiger partial charge is 0.291 e. The van der Waals surface area contributed by atoms with E-state index in [2.05, 4.69) is 55.6 Å². The largest absolute Gasteiger partial charge is 0.486 e. The van der Waals surface area contributed by atoms with Gasteiger partial charge in [-0.15, -0.1) is 0 Å². The summed E-state index contributed by atoms with van der Waals surface area (Å²) < 4.78 is 11.5. The van der Waals surface area contributed by atoms with Crippen LogP contribution in [0.15, 0.2) is 89.3 Å². The van der Waals surface area contributed by atoms with Crippen molar-refractivity contribution >= 4 is 34.8 Å². The van der Waals surface area contributed by atoms with E-state index < -0.39 is 0 Å². The van der Waals surface area contributed by atoms with Crippen LogP contribution in [0, 0.1) is 0 Å². The Hall–Kier alpha value is -3.21. The second-order valence-corrected chi connectivity index (χ2v) is 8.97. The first-order valence-corrected chi connectivity index (χ1v) is 11.2. The number of amides is 1. The van der Waals surface area contributed by atoms with Gasteiger partial charge in [-0.05, 0) is 53.6 Å². The summed E-state index contributed by atoms with van der Waals surface area (Å²) in [7, 11) is 0. The Morgan fingerprint density at radius 1 is 0.879 bits per heavy atom. The number of benzene rings is 3. The summed E-state index contributed by atoms with van der Waals surface area (Å²) in [4.78, 5) is 12.4. The lowest BCUT2D eigenvalue weighted by atomic mass is 9.78. The van der Waals surface area contributed by atoms with E-state index in [4.69, 9.17) is 32.4 Å². The Morgan fingerprint density at radius 2 is 1.58 bits per heavy atom. The van der Waals surface area contributed by atoms with Crippen LogP contribution in [-0.4, -0.2) is 5.91 Å². The minimum atomic E-state index is -0.382. The van der Waals surface area contributed by atoms with E-state index in [1.807, 2.05) is 18.2 Å². The standard InChI is InChI=1S/C27H23Cl2NO3/c1-27(2,18-6-4-3-5-7-18)19-8-11-21(12-9-19)32-17-22-13-15-25(33-22)26(31)30-20-10-14-23(28)24(29)16-20/h3-16H,17H2,1-2H3,(H,30,31). The highest BCUT2D eigenvalue weighted by atomic mass is 35.5. The van der Waals surface area contributed by atoms with Crippen LogP contribution in [0.3, 0.4) is 0 Å². The van der Waals surface area contributed by atoms with E-state index in [0.29, 0.717) is 21.5 Å². The predicted octanol–water partition coefficient (Wildman–Crippen LogP) is 7.74. The molecule has 3 aromatic carbocycles. The number of carbonyl (C=O) groups excluding carboxylic acids is 1. The first-order valence-electron chi connectivity index (χ1n) is 10.5. The molecule has 4 aromatic rings. The first kappa shape index (κ1) is 23.0. The van der Waals surface area contributed by atoms with Crippen molar-refractivity contribution in [1.82, 2.24) is 0 Å². The van der Waals surface area contributed by atoms with Crippen LogP contribution in [-0.2, 0) is 12.0 Å². The van der Waals surface area contributed by atoms with Crippen LogP contribution in [0.4, 0.5) is 5.69 Å². The van der Waals surface area contributed by atoms with Crippen LogP contribution in [0.5, 0.6) is 5.75 Å². The normalized spacial score (nSPS) is 11.3. The van der Waals surface area contributed by atoms with Crippen LogP contribution < -0.4 is 10.1 Å². The number of halogens is 2. The van der Waals surface area contributed by atoms with E-state index in [9.17, 15) is 4.79 Å². The lowest BCUT2D eigenvalue weighted by molar-refractivity contribution is 0.0992. The Balaban J connectivity index is 1.36. The van der Waals surface area contributed by atoms with Gasteiger partial charge in [0, 0.05) is 11.1 Å². The van der Waals surface area contributed by atoms with Crippen molar-refractivity contribution in [3.05, 3.63) is 118 Å². The number of hydrogen-bond donors (Lipinski definition) is 1. The van der Waals surface area contributed by atoms with Gasteiger partial charge in [0.2, 0.25) is 0 Å². The van der Waals surface area contributed by atoms with Crippen molar-refractivity contribution in [3.63, 3.8) is 0 Å². The van der Waals surface area contributed by atoms with Gasteiger partial charge in [0.1, 0.15) is 18.1 Å². The molecular formula is C27H23Cl2NO3. The molecule has 0 bridgehead atoms. The molecule has 0 aliphatic rings. The quantitative estimate of drug-likeness (QED) is 0.294. The fraction of sp³-hybridized carbons (Fsp3) is 0.148. The Bertz CT molecular complexity index is 1250. The molecule has 168 valence electrons. The Kier molecular flexibility index (Phi) is 6.77. The minimum Gasteiger partial charge on any atom is -0.486 e. The molecule has 0 radical (unpaired) electrons. The summed E-state index contributed by atoms with van der Waals surface area (Å²) in [6, 6.07) is 26.6. The number of rotatable bonds is 7. The third-order valence-corrected chi connectivity index (χ3v) is 6.25. The summed E-state index contributed by atoms with van der Waals surface area (Å²) >= 11 is 11.9. The molecule has 0 aliphatic carbocycles. The highest BCUT2D eigenvalue weighted by Crippen LogP contribution is 2.32. The number of hydrogen-bond acceptors (Lipinski definition) is 3. The van der Waals surface area contributed by atoms with E-state index in [1.165, 1.54) is 11.1 Å². The minimum absolute atomic E-state index is 0.114. The second kappa shape index (κ2) is 9.74. The van der Waals surface area contributed by atoms with Crippen LogP contribution in [0.2, 0.25) is 10.0 Å². The summed E-state index contributed by atoms with van der Waals surface area (Å²) in [5, 5.41) is 3.51. The Morgan fingerprint density at radius 3 is 2.27 bits per heavy atom. The summed E-state index contributed by atoms with van der Waals surface area (Å²) in [5.41, 5.74) is 2.86. The van der Waals surface area contributed by atoms with Gasteiger partial charge in [-0.1, -0.05) is 79.5 Å². The zero-order valence-electron chi connectivity index (χ0n) is 18.3. The fourth-order valence-electron chi connectivity index (χ4n) is 3.49. The van der Waals surface area contributed by atoms with Crippen molar-refractivity contribution in [3.8, 4) is 5.75 Å². The van der Waals surface area contributed by atoms with Gasteiger partial charge < -0.3 is 14.5 Å². The van der Waals surface area contributed by atoms with Crippen molar-refractivity contribution < 1.29 is 13.9 Å². The summed E-state index contributed by atoms with van der Waals surface area (Å²) in [6.45, 7) is 4.61. The molecule has 1 N–H and O–H groups in total. The number of ether oxygens (including phenoxy) is 1. The fourth-order valence-corrected chi connectivity index (χ4v) is 3.79. The molecule has 4 rings (SSSR count). The lowest BCUT2D eigenvalue weighted by Gasteiger charge is -2.26. The van der Waals surface area contributed by atoms with Crippen LogP contribution in [0.1, 0.15) is 41.3 Å². The Labute approximate surface area is 203 Å². The molecule has 0 saturated carbocycles. The van der Waals surface area contributed by atoms with Gasteiger partial charge in [0.05, 0.1) is 10.0 Å². The third-order valence-electron chi connectivity index (χ3n) is 5.52. The van der Waals surface area contributed by atoms with Gasteiger partial charge in [-0.3, -0.25) is 4.79 Å². The maximum Gasteiger partial charge on any atom is 0.291 e. The molecule has 0 saturated heterocycles. The molecule has 0 fully saturated rings. The van der Waals surface area contributed by atoms with E-state index in [-0.39, 0.29) is 23.7 Å². The number of anilines is 1. The highest BCUT2D eigenvalue weighted by Gasteiger charge is 2.22. The van der Waals surface area contributed by atoms with Crippen LogP contribution in [0.25, 0.3) is 0 Å². The predicted molar refractivity (Wildman–Crippen MR) is 132 cm³/mol. The van der Waals surface area contributed by atoms with E-state index >= 15 is 0 Å². The number of furan rings is 1. The molecule has 1 aromatic heterocycles. The number of carbonyl (C=O) groups is 1. The van der Waals surface area contributed by atoms with E-state index in [0.717, 1.165) is 5.75 Å². The maximum atomic E-state index is 12.4. The molecule has 0 atom stereocenters. The summed E-state index contributed by atoms with van der Waals surface area (Å²) in [5.74, 6) is 1.07. The van der Waals surface area contributed by atoms with Gasteiger partial charge in [-0.2, -0.15) is 0 Å². The first-order chi connectivity index (χ1) is 15.8. The molecular weight excluding hydrogens is 457 g/mol. The average Bonchev–Trinajstić information content (AvgIpc) is 3.30. The van der Waals surface area contributed by atoms with Crippen molar-refractivity contribution in [2.24, 2.45) is 0 Å². The van der Waals surface area contributed by atoms with Crippen molar-refractivity contribution in [2.75, 3.05) is 5.32 Å². The van der Waals surface area contributed by atoms with E-state index in [1.54, 1.807) is 30.3 Å². The zero-order valence-corrected chi connectivity index (χ0v) is 19.8. The van der Waals surface area contributed by atoms with Gasteiger partial charge >= 0.3 is 0 Å². The van der Waals surface area contributed by atoms with Crippen LogP contribution >= 0.6 is 23.2 Å². The molecule has 1 amide bonds. The molecule has 33 heavy (non-hydrogen) atoms. The second-order valence-electron chi connectivity index (χ2n) is 8.15. The van der Waals surface area contributed by atoms with Gasteiger partial charge in [0.25, 0.3) is 5.91 Å². The average molecular weight is 480 g/mol. The van der Waals surface area contributed by atoms with Gasteiger partial charge in [0.15, 0.2) is 5.76 Å². The molecule has 6 heteroatoms. The lowest BCUT2D eigenvalue weighted by Crippen LogP contribution is -2.18. The monoisotopic (exact) mass is 479 g/mol. The molecule has 4 nitrogen and oxygen atoms in total. The summed E-state index contributed by atoms with van der Waals surface area (Å²) in [6.07, 6.45) is 0. The van der Waals surface area contributed by atoms with Crippen molar-refractivity contribution in [1.29, 1.82) is 0 Å². The topological polar surface area (TPSA) is 51.5 Å². The zero-order chi connectivity index (χ0) is 23.4. The maximum absolute atomic E-state index is 12.4.